The van der Waals surface area contributed by atoms with Gasteiger partial charge in [-0.05, 0) is 46.2 Å². The van der Waals surface area contributed by atoms with E-state index in [2.05, 4.69) is 0 Å². The smallest absolute Gasteiger partial charge is 0.411 e. The van der Waals surface area contributed by atoms with Crippen LogP contribution in [0.1, 0.15) is 39.7 Å². The van der Waals surface area contributed by atoms with Crippen LogP contribution in [0.5, 0.6) is 0 Å². The van der Waals surface area contributed by atoms with E-state index in [9.17, 15) is 22.8 Å². The minimum Gasteiger partial charge on any atom is -0.467 e. The van der Waals surface area contributed by atoms with Crippen molar-refractivity contribution in [2.45, 2.75) is 68.6 Å². The number of methoxy groups -OCH3 is 1. The summed E-state index contributed by atoms with van der Waals surface area (Å²) in [5, 5.41) is 0. The molecule has 2 aliphatic rings. The van der Waals surface area contributed by atoms with Gasteiger partial charge in [0, 0.05) is 12.8 Å². The number of benzene rings is 1. The highest BCUT2D eigenvalue weighted by molar-refractivity contribution is 7.93. The van der Waals surface area contributed by atoms with Gasteiger partial charge >= 0.3 is 18.0 Å². The Kier molecular flexibility index (Phi) is 7.01. The molecule has 1 amide bonds. The van der Waals surface area contributed by atoms with Crippen LogP contribution in [-0.4, -0.2) is 74.3 Å². The Bertz CT molecular complexity index is 1060. The number of carbonyl (C=O) groups is 3. The zero-order valence-corrected chi connectivity index (χ0v) is 21.0. The second kappa shape index (κ2) is 9.18. The summed E-state index contributed by atoms with van der Waals surface area (Å²) in [6.45, 7) is 7.46. The van der Waals surface area contributed by atoms with Gasteiger partial charge in [0.05, 0.1) is 25.2 Å². The fraction of sp³-hybridized carbons (Fsp3) is 0.609. The maximum absolute atomic E-state index is 14.2. The average molecular weight is 498 g/mol. The highest BCUT2D eigenvalue weighted by Crippen LogP contribution is 2.50. The lowest BCUT2D eigenvalue weighted by molar-refractivity contribution is -0.199. The van der Waals surface area contributed by atoms with Gasteiger partial charge in [-0.3, -0.25) is 9.69 Å². The van der Waals surface area contributed by atoms with E-state index in [1.807, 2.05) is 6.92 Å². The molecule has 0 aliphatic carbocycles. The SMILES string of the molecule is COC(=O)[C@@H]1[C@H]2CCOC(OC(C)=O)[C@]2(S(=O)(=O)c2ccc(C)cc2)CN1C(=O)OC(C)(C)C. The lowest BCUT2D eigenvalue weighted by atomic mass is 9.84. The van der Waals surface area contributed by atoms with Crippen molar-refractivity contribution in [2.24, 2.45) is 5.92 Å². The molecule has 4 atom stereocenters. The van der Waals surface area contributed by atoms with Crippen LogP contribution in [0, 0.1) is 12.8 Å². The predicted molar refractivity (Wildman–Crippen MR) is 119 cm³/mol. The van der Waals surface area contributed by atoms with Crippen molar-refractivity contribution in [3.8, 4) is 0 Å². The number of carbonyl (C=O) groups excluding carboxylic acids is 3. The number of esters is 2. The number of rotatable bonds is 4. The molecule has 188 valence electrons. The van der Waals surface area contributed by atoms with Crippen molar-refractivity contribution in [3.63, 3.8) is 0 Å². The molecule has 1 aromatic carbocycles. The average Bonchev–Trinajstić information content (AvgIpc) is 3.10. The molecule has 2 aliphatic heterocycles. The largest absolute Gasteiger partial charge is 0.467 e. The first-order valence-electron chi connectivity index (χ1n) is 10.9. The van der Waals surface area contributed by atoms with E-state index in [0.717, 1.165) is 24.5 Å². The number of sulfone groups is 1. The molecule has 0 bridgehead atoms. The molecule has 0 N–H and O–H groups in total. The first-order chi connectivity index (χ1) is 15.7. The molecule has 2 saturated heterocycles. The summed E-state index contributed by atoms with van der Waals surface area (Å²) in [6, 6.07) is 4.89. The van der Waals surface area contributed by atoms with Gasteiger partial charge in [0.25, 0.3) is 0 Å². The van der Waals surface area contributed by atoms with Gasteiger partial charge in [-0.15, -0.1) is 0 Å². The van der Waals surface area contributed by atoms with E-state index in [1.54, 1.807) is 32.9 Å². The summed E-state index contributed by atoms with van der Waals surface area (Å²) in [7, 11) is -3.16. The normalized spacial score (nSPS) is 27.0. The Labute approximate surface area is 199 Å². The Hall–Kier alpha value is -2.66. The zero-order chi connectivity index (χ0) is 25.5. The van der Waals surface area contributed by atoms with Crippen LogP contribution in [0.2, 0.25) is 0 Å². The lowest BCUT2D eigenvalue weighted by Crippen LogP contribution is -2.61. The highest BCUT2D eigenvalue weighted by Gasteiger charge is 2.70. The fourth-order valence-corrected chi connectivity index (χ4v) is 6.86. The van der Waals surface area contributed by atoms with E-state index < -0.39 is 63.0 Å². The Morgan fingerprint density at radius 2 is 1.76 bits per heavy atom. The van der Waals surface area contributed by atoms with Gasteiger partial charge in [0.2, 0.25) is 6.29 Å². The van der Waals surface area contributed by atoms with E-state index in [1.165, 1.54) is 12.1 Å². The van der Waals surface area contributed by atoms with Gasteiger partial charge in [0.15, 0.2) is 14.6 Å². The van der Waals surface area contributed by atoms with Crippen molar-refractivity contribution in [3.05, 3.63) is 29.8 Å². The van der Waals surface area contributed by atoms with E-state index >= 15 is 0 Å². The van der Waals surface area contributed by atoms with Crippen LogP contribution in [0.3, 0.4) is 0 Å². The summed E-state index contributed by atoms with van der Waals surface area (Å²) in [4.78, 5) is 39.0. The van der Waals surface area contributed by atoms with Gasteiger partial charge < -0.3 is 18.9 Å². The number of likely N-dealkylation sites (tertiary alicyclic amines) is 1. The summed E-state index contributed by atoms with van der Waals surface area (Å²) in [5.74, 6) is -2.52. The van der Waals surface area contributed by atoms with Crippen LogP contribution in [-0.2, 0) is 38.4 Å². The number of amides is 1. The molecule has 0 spiro atoms. The first-order valence-corrected chi connectivity index (χ1v) is 12.4. The highest BCUT2D eigenvalue weighted by atomic mass is 32.2. The van der Waals surface area contributed by atoms with Crippen LogP contribution >= 0.6 is 0 Å². The van der Waals surface area contributed by atoms with Gasteiger partial charge in [-0.1, -0.05) is 17.7 Å². The monoisotopic (exact) mass is 497 g/mol. The van der Waals surface area contributed by atoms with Crippen molar-refractivity contribution < 1.29 is 41.7 Å². The Morgan fingerprint density at radius 3 is 2.29 bits per heavy atom. The summed E-state index contributed by atoms with van der Waals surface area (Å²) in [5.41, 5.74) is -0.0565. The molecule has 11 heteroatoms. The van der Waals surface area contributed by atoms with E-state index in [0.29, 0.717) is 0 Å². The second-order valence-corrected chi connectivity index (χ2v) is 11.8. The van der Waals surface area contributed by atoms with E-state index in [4.69, 9.17) is 18.9 Å². The minimum absolute atomic E-state index is 0.0173. The third kappa shape index (κ3) is 4.50. The number of nitrogens with zero attached hydrogens (tertiary/aromatic N) is 1. The zero-order valence-electron chi connectivity index (χ0n) is 20.2. The lowest BCUT2D eigenvalue weighted by Gasteiger charge is -2.43. The minimum atomic E-state index is -4.32. The van der Waals surface area contributed by atoms with Crippen molar-refractivity contribution in [1.82, 2.24) is 4.90 Å². The maximum atomic E-state index is 14.2. The topological polar surface area (TPSA) is 126 Å². The second-order valence-electron chi connectivity index (χ2n) is 9.56. The summed E-state index contributed by atoms with van der Waals surface area (Å²) in [6.07, 6.45) is -2.31. The molecule has 1 unspecified atom stereocenters. The molecule has 2 fully saturated rings. The fourth-order valence-electron chi connectivity index (χ4n) is 4.60. The van der Waals surface area contributed by atoms with Crippen LogP contribution in [0.4, 0.5) is 4.79 Å². The molecule has 0 radical (unpaired) electrons. The number of hydrogen-bond donors (Lipinski definition) is 0. The number of ether oxygens (including phenoxy) is 4. The van der Waals surface area contributed by atoms with Gasteiger partial charge in [0.1, 0.15) is 11.6 Å². The molecule has 1 aromatic rings. The van der Waals surface area contributed by atoms with Gasteiger partial charge in [-0.25, -0.2) is 18.0 Å². The Balaban J connectivity index is 2.24. The van der Waals surface area contributed by atoms with Crippen LogP contribution in [0.25, 0.3) is 0 Å². The van der Waals surface area contributed by atoms with Crippen molar-refractivity contribution in [2.75, 3.05) is 20.3 Å². The first kappa shape index (κ1) is 26.0. The molecular weight excluding hydrogens is 466 g/mol. The van der Waals surface area contributed by atoms with Crippen molar-refractivity contribution in [1.29, 1.82) is 0 Å². The number of aryl methyl sites for hydroxylation is 1. The number of hydrogen-bond acceptors (Lipinski definition) is 9. The molecule has 0 aromatic heterocycles. The molecule has 0 saturated carbocycles. The third-order valence-corrected chi connectivity index (χ3v) is 8.55. The summed E-state index contributed by atoms with van der Waals surface area (Å²) < 4.78 is 47.9. The van der Waals surface area contributed by atoms with Crippen LogP contribution in [0.15, 0.2) is 29.2 Å². The third-order valence-electron chi connectivity index (χ3n) is 6.03. The quantitative estimate of drug-likeness (QED) is 0.455. The Morgan fingerprint density at radius 1 is 1.15 bits per heavy atom. The summed E-state index contributed by atoms with van der Waals surface area (Å²) >= 11 is 0. The molecular formula is C23H31NO9S. The van der Waals surface area contributed by atoms with Gasteiger partial charge in [-0.2, -0.15) is 0 Å². The standard InChI is InChI=1S/C23H31NO9S/c1-14-7-9-16(10-8-14)34(28,29)23-13-24(21(27)33-22(3,4)5)18(19(26)30-6)17(23)11-12-31-20(23)32-15(2)25/h7-10,17-18,20H,11-13H2,1-6H3/t17-,18+,20?,23+/m1/s1. The number of fused-ring (bicyclic) bond motifs is 1. The maximum Gasteiger partial charge on any atom is 0.411 e. The molecule has 2 heterocycles. The van der Waals surface area contributed by atoms with Crippen LogP contribution < -0.4 is 0 Å². The van der Waals surface area contributed by atoms with E-state index in [-0.39, 0.29) is 17.9 Å². The molecule has 3 rings (SSSR count). The predicted octanol–water partition coefficient (Wildman–Crippen LogP) is 2.23. The molecule has 34 heavy (non-hydrogen) atoms. The molecule has 10 nitrogen and oxygen atoms in total. The van der Waals surface area contributed by atoms with Crippen molar-refractivity contribution >= 4 is 27.9 Å².